The summed E-state index contributed by atoms with van der Waals surface area (Å²) in [5.41, 5.74) is 0.347. The summed E-state index contributed by atoms with van der Waals surface area (Å²) >= 11 is 0. The summed E-state index contributed by atoms with van der Waals surface area (Å²) in [6.07, 6.45) is 5.60. The fourth-order valence-electron chi connectivity index (χ4n) is 2.83. The van der Waals surface area contributed by atoms with E-state index in [1.54, 1.807) is 7.11 Å². The monoisotopic (exact) mass is 268 g/mol. The summed E-state index contributed by atoms with van der Waals surface area (Å²) in [6.45, 7) is 11.4. The molecule has 1 atom stereocenters. The van der Waals surface area contributed by atoms with Crippen LogP contribution in [0, 0.1) is 11.3 Å². The van der Waals surface area contributed by atoms with Crippen LogP contribution in [0.2, 0.25) is 0 Å². The number of nitrogens with one attached hydrogen (secondary N) is 1. The molecule has 0 aliphatic heterocycles. The Kier molecular flexibility index (Phi) is 5.27. The summed E-state index contributed by atoms with van der Waals surface area (Å²) in [6, 6.07) is 1.53. The minimum Gasteiger partial charge on any atom is -0.383 e. The van der Waals surface area contributed by atoms with Crippen LogP contribution in [0.5, 0.6) is 0 Å². The summed E-state index contributed by atoms with van der Waals surface area (Å²) < 4.78 is 5.29. The third kappa shape index (κ3) is 5.41. The van der Waals surface area contributed by atoms with Gasteiger partial charge in [0.2, 0.25) is 0 Å². The van der Waals surface area contributed by atoms with Crippen molar-refractivity contribution >= 4 is 0 Å². The molecule has 19 heavy (non-hydrogen) atoms. The molecule has 2 saturated carbocycles. The highest BCUT2D eigenvalue weighted by atomic mass is 16.5. The molecule has 0 aromatic carbocycles. The first kappa shape index (κ1) is 15.3. The maximum atomic E-state index is 5.29. The van der Waals surface area contributed by atoms with Crippen LogP contribution in [0.3, 0.4) is 0 Å². The number of rotatable bonds is 10. The Labute approximate surface area is 119 Å². The second-order valence-corrected chi connectivity index (χ2v) is 7.36. The van der Waals surface area contributed by atoms with E-state index in [1.165, 1.54) is 32.2 Å². The Morgan fingerprint density at radius 1 is 1.26 bits per heavy atom. The van der Waals surface area contributed by atoms with E-state index < -0.39 is 0 Å². The first-order valence-corrected chi connectivity index (χ1v) is 7.98. The Morgan fingerprint density at radius 3 is 2.47 bits per heavy atom. The molecule has 2 aliphatic rings. The van der Waals surface area contributed by atoms with E-state index in [2.05, 4.69) is 31.0 Å². The van der Waals surface area contributed by atoms with E-state index in [4.69, 9.17) is 4.74 Å². The van der Waals surface area contributed by atoms with Crippen molar-refractivity contribution in [3.63, 3.8) is 0 Å². The zero-order valence-electron chi connectivity index (χ0n) is 13.2. The van der Waals surface area contributed by atoms with Crippen molar-refractivity contribution in [2.24, 2.45) is 11.3 Å². The zero-order chi connectivity index (χ0) is 13.9. The molecular formula is C16H32N2O. The van der Waals surface area contributed by atoms with Gasteiger partial charge in [-0.15, -0.1) is 0 Å². The minimum absolute atomic E-state index is 0.347. The summed E-state index contributed by atoms with van der Waals surface area (Å²) in [4.78, 5) is 2.65. The third-order valence-corrected chi connectivity index (χ3v) is 4.54. The Bertz CT molecular complexity index is 272. The summed E-state index contributed by atoms with van der Waals surface area (Å²) in [7, 11) is 1.81. The molecule has 0 aromatic rings. The van der Waals surface area contributed by atoms with Crippen LogP contribution in [0.25, 0.3) is 0 Å². The standard InChI is InChI=1S/C16H32N2O/c1-13(14-5-6-14)18(9-10-19-4)12-16(2,3)11-17-15-7-8-15/h13-15,17H,5-12H2,1-4H3. The van der Waals surface area contributed by atoms with Gasteiger partial charge in [0.25, 0.3) is 0 Å². The van der Waals surface area contributed by atoms with Crippen molar-refractivity contribution in [3.8, 4) is 0 Å². The predicted molar refractivity (Wildman–Crippen MR) is 80.4 cm³/mol. The lowest BCUT2D eigenvalue weighted by Crippen LogP contribution is -2.46. The number of methoxy groups -OCH3 is 1. The molecule has 2 aliphatic carbocycles. The molecule has 2 fully saturated rings. The van der Waals surface area contributed by atoms with E-state index in [9.17, 15) is 0 Å². The molecule has 0 radical (unpaired) electrons. The normalized spacial score (nSPS) is 21.9. The Hall–Kier alpha value is -0.120. The average Bonchev–Trinajstić information content (AvgIpc) is 3.24. The van der Waals surface area contributed by atoms with Crippen LogP contribution >= 0.6 is 0 Å². The smallest absolute Gasteiger partial charge is 0.0589 e. The molecule has 1 N–H and O–H groups in total. The number of ether oxygens (including phenoxy) is 1. The molecule has 0 amide bonds. The molecule has 1 unspecified atom stereocenters. The number of nitrogens with zero attached hydrogens (tertiary/aromatic N) is 1. The van der Waals surface area contributed by atoms with Crippen LogP contribution in [0.1, 0.15) is 46.5 Å². The van der Waals surface area contributed by atoms with Crippen LogP contribution in [-0.4, -0.2) is 50.3 Å². The van der Waals surface area contributed by atoms with Gasteiger partial charge in [-0.25, -0.2) is 0 Å². The van der Waals surface area contributed by atoms with Crippen LogP contribution in [0.4, 0.5) is 0 Å². The quantitative estimate of drug-likeness (QED) is 0.659. The second-order valence-electron chi connectivity index (χ2n) is 7.36. The van der Waals surface area contributed by atoms with Crippen molar-refractivity contribution in [3.05, 3.63) is 0 Å². The molecule has 3 nitrogen and oxygen atoms in total. The first-order chi connectivity index (χ1) is 9.02. The maximum Gasteiger partial charge on any atom is 0.0589 e. The SMILES string of the molecule is COCCN(CC(C)(C)CNC1CC1)C(C)C1CC1. The van der Waals surface area contributed by atoms with Crippen molar-refractivity contribution in [2.45, 2.75) is 58.5 Å². The van der Waals surface area contributed by atoms with E-state index in [0.717, 1.165) is 37.7 Å². The molecule has 2 rings (SSSR count). The highest BCUT2D eigenvalue weighted by molar-refractivity contribution is 4.89. The van der Waals surface area contributed by atoms with Crippen molar-refractivity contribution < 1.29 is 4.74 Å². The Balaban J connectivity index is 1.81. The topological polar surface area (TPSA) is 24.5 Å². The largest absolute Gasteiger partial charge is 0.383 e. The van der Waals surface area contributed by atoms with Gasteiger partial charge < -0.3 is 10.1 Å². The van der Waals surface area contributed by atoms with Gasteiger partial charge >= 0.3 is 0 Å². The minimum atomic E-state index is 0.347. The van der Waals surface area contributed by atoms with Crippen LogP contribution in [-0.2, 0) is 4.74 Å². The van der Waals surface area contributed by atoms with Gasteiger partial charge in [-0.2, -0.15) is 0 Å². The second kappa shape index (κ2) is 6.55. The first-order valence-electron chi connectivity index (χ1n) is 7.98. The molecular weight excluding hydrogens is 236 g/mol. The lowest BCUT2D eigenvalue weighted by atomic mass is 9.91. The van der Waals surface area contributed by atoms with Gasteiger partial charge in [0, 0.05) is 38.8 Å². The van der Waals surface area contributed by atoms with Gasteiger partial charge in [-0.05, 0) is 43.9 Å². The molecule has 0 spiro atoms. The fraction of sp³-hybridized carbons (Fsp3) is 1.00. The van der Waals surface area contributed by atoms with Crippen LogP contribution in [0.15, 0.2) is 0 Å². The zero-order valence-corrected chi connectivity index (χ0v) is 13.2. The van der Waals surface area contributed by atoms with Gasteiger partial charge in [0.1, 0.15) is 0 Å². The molecule has 112 valence electrons. The fourth-order valence-corrected chi connectivity index (χ4v) is 2.83. The van der Waals surface area contributed by atoms with Gasteiger partial charge in [0.05, 0.1) is 6.61 Å². The lowest BCUT2D eigenvalue weighted by molar-refractivity contribution is 0.0829. The van der Waals surface area contributed by atoms with E-state index in [-0.39, 0.29) is 0 Å². The number of hydrogen-bond donors (Lipinski definition) is 1. The third-order valence-electron chi connectivity index (χ3n) is 4.54. The van der Waals surface area contributed by atoms with Gasteiger partial charge in [-0.3, -0.25) is 4.90 Å². The average molecular weight is 268 g/mol. The Morgan fingerprint density at radius 2 is 1.95 bits per heavy atom. The van der Waals surface area contributed by atoms with Crippen molar-refractivity contribution in [1.82, 2.24) is 10.2 Å². The predicted octanol–water partition coefficient (Wildman–Crippen LogP) is 2.51. The molecule has 0 bridgehead atoms. The molecule has 3 heteroatoms. The van der Waals surface area contributed by atoms with Crippen molar-refractivity contribution in [1.29, 1.82) is 0 Å². The van der Waals surface area contributed by atoms with Crippen molar-refractivity contribution in [2.75, 3.05) is 33.4 Å². The molecule has 0 saturated heterocycles. The van der Waals surface area contributed by atoms with Gasteiger partial charge in [0.15, 0.2) is 0 Å². The maximum absolute atomic E-state index is 5.29. The highest BCUT2D eigenvalue weighted by Gasteiger charge is 2.34. The van der Waals surface area contributed by atoms with Gasteiger partial charge in [-0.1, -0.05) is 13.8 Å². The lowest BCUT2D eigenvalue weighted by Gasteiger charge is -2.37. The molecule has 0 aromatic heterocycles. The summed E-state index contributed by atoms with van der Waals surface area (Å²) in [5.74, 6) is 0.934. The number of hydrogen-bond acceptors (Lipinski definition) is 3. The molecule has 0 heterocycles. The van der Waals surface area contributed by atoms with E-state index >= 15 is 0 Å². The van der Waals surface area contributed by atoms with Crippen LogP contribution < -0.4 is 5.32 Å². The highest BCUT2D eigenvalue weighted by Crippen LogP contribution is 2.36. The van der Waals surface area contributed by atoms with E-state index in [0.29, 0.717) is 5.41 Å². The van der Waals surface area contributed by atoms with E-state index in [1.807, 2.05) is 0 Å². The summed E-state index contributed by atoms with van der Waals surface area (Å²) in [5, 5.41) is 3.68.